The average molecular weight is 342 g/mol. The maximum absolute atomic E-state index is 11.5. The molecule has 0 aliphatic carbocycles. The van der Waals surface area contributed by atoms with E-state index < -0.39 is 9.84 Å². The van der Waals surface area contributed by atoms with E-state index in [2.05, 4.69) is 26.9 Å². The van der Waals surface area contributed by atoms with E-state index in [0.717, 1.165) is 57.0 Å². The summed E-state index contributed by atoms with van der Waals surface area (Å²) in [5, 5.41) is 4.05. The van der Waals surface area contributed by atoms with Crippen molar-refractivity contribution in [2.75, 3.05) is 37.7 Å². The lowest BCUT2D eigenvalue weighted by Crippen LogP contribution is -2.50. The Hall–Kier alpha value is -0.990. The maximum atomic E-state index is 11.5. The van der Waals surface area contributed by atoms with Gasteiger partial charge in [-0.2, -0.15) is 4.98 Å². The predicted octanol–water partition coefficient (Wildman–Crippen LogP) is 0.717. The van der Waals surface area contributed by atoms with Gasteiger partial charge in [-0.1, -0.05) is 12.1 Å². The van der Waals surface area contributed by atoms with Gasteiger partial charge in [0.05, 0.1) is 18.1 Å². The molecule has 0 spiro atoms. The summed E-state index contributed by atoms with van der Waals surface area (Å²) in [7, 11) is -2.79. The quantitative estimate of drug-likeness (QED) is 0.780. The first-order valence-electron chi connectivity index (χ1n) is 8.54. The highest BCUT2D eigenvalue weighted by molar-refractivity contribution is 7.91. The molecule has 0 saturated carbocycles. The van der Waals surface area contributed by atoms with E-state index in [9.17, 15) is 8.42 Å². The van der Waals surface area contributed by atoms with Gasteiger partial charge in [0.15, 0.2) is 15.7 Å². The number of likely N-dealkylation sites (tertiary alicyclic amines) is 1. The first-order valence-corrected chi connectivity index (χ1v) is 10.4. The number of aryl methyl sites for hydroxylation is 1. The highest BCUT2D eigenvalue weighted by atomic mass is 32.2. The lowest BCUT2D eigenvalue weighted by atomic mass is 10.0. The molecule has 23 heavy (non-hydrogen) atoms. The van der Waals surface area contributed by atoms with Crippen LogP contribution in [0.1, 0.15) is 37.9 Å². The number of rotatable bonds is 5. The Labute approximate surface area is 137 Å². The molecule has 3 heterocycles. The molecule has 1 aromatic heterocycles. The van der Waals surface area contributed by atoms with Gasteiger partial charge in [-0.3, -0.25) is 9.80 Å². The van der Waals surface area contributed by atoms with E-state index in [1.807, 2.05) is 0 Å². The molecule has 0 radical (unpaired) electrons. The van der Waals surface area contributed by atoms with Crippen molar-refractivity contribution in [3.05, 3.63) is 11.7 Å². The van der Waals surface area contributed by atoms with Crippen molar-refractivity contribution >= 4 is 9.84 Å². The summed E-state index contributed by atoms with van der Waals surface area (Å²) in [5.41, 5.74) is 0. The molecule has 2 aliphatic heterocycles. The molecule has 0 bridgehead atoms. The summed E-state index contributed by atoms with van der Waals surface area (Å²) < 4.78 is 28.3. The first-order chi connectivity index (χ1) is 11.1. The van der Waals surface area contributed by atoms with Gasteiger partial charge in [0, 0.05) is 38.6 Å². The Balaban J connectivity index is 1.45. The molecule has 8 heteroatoms. The van der Waals surface area contributed by atoms with Crippen LogP contribution in [0.3, 0.4) is 0 Å². The number of sulfone groups is 1. The number of aromatic nitrogens is 2. The van der Waals surface area contributed by atoms with Crippen molar-refractivity contribution in [2.24, 2.45) is 0 Å². The molecule has 0 atom stereocenters. The summed E-state index contributed by atoms with van der Waals surface area (Å²) in [6.07, 6.45) is 4.02. The fourth-order valence-corrected chi connectivity index (χ4v) is 4.63. The summed E-state index contributed by atoms with van der Waals surface area (Å²) in [4.78, 5) is 9.13. The first kappa shape index (κ1) is 16.9. The van der Waals surface area contributed by atoms with E-state index in [4.69, 9.17) is 4.52 Å². The Bertz CT molecular complexity index is 594. The standard InChI is InChI=1S/C15H26N4O3S/c1-2-3-15-16-14(17-22-15)12-18-6-4-13(5-7-18)19-8-10-23(20,21)11-9-19/h13H,2-12H2,1H3. The van der Waals surface area contributed by atoms with Gasteiger partial charge in [0.25, 0.3) is 0 Å². The largest absolute Gasteiger partial charge is 0.339 e. The zero-order chi connectivity index (χ0) is 16.3. The monoisotopic (exact) mass is 342 g/mol. The third-order valence-corrected chi connectivity index (χ3v) is 6.40. The fourth-order valence-electron chi connectivity index (χ4n) is 3.40. The molecule has 1 aromatic rings. The van der Waals surface area contributed by atoms with Crippen LogP contribution in [0, 0.1) is 0 Å². The van der Waals surface area contributed by atoms with Crippen LogP contribution in [0.5, 0.6) is 0 Å². The van der Waals surface area contributed by atoms with Crippen LogP contribution in [-0.2, 0) is 22.8 Å². The lowest BCUT2D eigenvalue weighted by Gasteiger charge is -2.39. The summed E-state index contributed by atoms with van der Waals surface area (Å²) in [6, 6.07) is 0.516. The third kappa shape index (κ3) is 4.51. The predicted molar refractivity (Wildman–Crippen MR) is 86.8 cm³/mol. The van der Waals surface area contributed by atoms with Crippen LogP contribution in [0.15, 0.2) is 4.52 Å². The maximum Gasteiger partial charge on any atom is 0.226 e. The van der Waals surface area contributed by atoms with Gasteiger partial charge in [0.1, 0.15) is 0 Å². The topological polar surface area (TPSA) is 79.5 Å². The van der Waals surface area contributed by atoms with Crippen molar-refractivity contribution in [1.82, 2.24) is 19.9 Å². The van der Waals surface area contributed by atoms with Gasteiger partial charge in [-0.15, -0.1) is 0 Å². The highest BCUT2D eigenvalue weighted by Gasteiger charge is 2.29. The van der Waals surface area contributed by atoms with Crippen LogP contribution in [0.25, 0.3) is 0 Å². The molecular weight excluding hydrogens is 316 g/mol. The molecule has 2 saturated heterocycles. The van der Waals surface area contributed by atoms with E-state index in [1.54, 1.807) is 0 Å². The number of hydrogen-bond donors (Lipinski definition) is 0. The third-order valence-electron chi connectivity index (χ3n) is 4.79. The van der Waals surface area contributed by atoms with Crippen LogP contribution in [0.4, 0.5) is 0 Å². The second-order valence-electron chi connectivity index (χ2n) is 6.55. The molecule has 0 N–H and O–H groups in total. The Morgan fingerprint density at radius 2 is 1.87 bits per heavy atom. The Morgan fingerprint density at radius 3 is 2.52 bits per heavy atom. The molecule has 130 valence electrons. The second-order valence-corrected chi connectivity index (χ2v) is 8.85. The molecule has 0 aromatic carbocycles. The fraction of sp³-hybridized carbons (Fsp3) is 0.867. The van der Waals surface area contributed by atoms with Gasteiger partial charge in [-0.25, -0.2) is 8.42 Å². The number of piperidine rings is 1. The van der Waals surface area contributed by atoms with Crippen LogP contribution >= 0.6 is 0 Å². The molecule has 0 amide bonds. The van der Waals surface area contributed by atoms with Crippen LogP contribution in [-0.4, -0.2) is 72.1 Å². The van der Waals surface area contributed by atoms with E-state index in [0.29, 0.717) is 30.6 Å². The minimum atomic E-state index is -2.79. The number of nitrogens with zero attached hydrogens (tertiary/aromatic N) is 4. The van der Waals surface area contributed by atoms with E-state index >= 15 is 0 Å². The molecule has 2 aliphatic rings. The van der Waals surface area contributed by atoms with Crippen LogP contribution in [0.2, 0.25) is 0 Å². The molecule has 7 nitrogen and oxygen atoms in total. The second kappa shape index (κ2) is 7.27. The smallest absolute Gasteiger partial charge is 0.226 e. The van der Waals surface area contributed by atoms with Crippen molar-refractivity contribution in [3.63, 3.8) is 0 Å². The highest BCUT2D eigenvalue weighted by Crippen LogP contribution is 2.20. The Morgan fingerprint density at radius 1 is 1.17 bits per heavy atom. The normalized spacial score (nSPS) is 24.0. The lowest BCUT2D eigenvalue weighted by molar-refractivity contribution is 0.109. The van der Waals surface area contributed by atoms with Crippen LogP contribution < -0.4 is 0 Å². The number of hydrogen-bond acceptors (Lipinski definition) is 7. The van der Waals surface area contributed by atoms with Crippen molar-refractivity contribution in [1.29, 1.82) is 0 Å². The van der Waals surface area contributed by atoms with Gasteiger partial charge >= 0.3 is 0 Å². The Kier molecular flexibility index (Phi) is 5.33. The minimum absolute atomic E-state index is 0.316. The van der Waals surface area contributed by atoms with Gasteiger partial charge < -0.3 is 4.52 Å². The van der Waals surface area contributed by atoms with E-state index in [-0.39, 0.29) is 0 Å². The molecular formula is C15H26N4O3S. The molecule has 3 rings (SSSR count). The van der Waals surface area contributed by atoms with Gasteiger partial charge in [-0.05, 0) is 19.3 Å². The summed E-state index contributed by atoms with van der Waals surface area (Å²) >= 11 is 0. The van der Waals surface area contributed by atoms with Gasteiger partial charge in [0.2, 0.25) is 5.89 Å². The van der Waals surface area contributed by atoms with Crippen molar-refractivity contribution in [3.8, 4) is 0 Å². The summed E-state index contributed by atoms with van der Waals surface area (Å²) in [5.74, 6) is 2.13. The zero-order valence-corrected chi connectivity index (χ0v) is 14.6. The van der Waals surface area contributed by atoms with E-state index in [1.165, 1.54) is 0 Å². The average Bonchev–Trinajstić information content (AvgIpc) is 2.96. The van der Waals surface area contributed by atoms with Crippen molar-refractivity contribution in [2.45, 2.75) is 45.2 Å². The zero-order valence-electron chi connectivity index (χ0n) is 13.8. The SMILES string of the molecule is CCCc1nc(CN2CCC(N3CCS(=O)(=O)CC3)CC2)no1. The minimum Gasteiger partial charge on any atom is -0.339 e. The molecule has 2 fully saturated rings. The molecule has 0 unspecified atom stereocenters. The van der Waals surface area contributed by atoms with Crippen molar-refractivity contribution < 1.29 is 12.9 Å². The summed E-state index contributed by atoms with van der Waals surface area (Å²) in [6.45, 7) is 6.24.